The number of amides is 1. The summed E-state index contributed by atoms with van der Waals surface area (Å²) < 4.78 is 13.4. The highest BCUT2D eigenvalue weighted by Gasteiger charge is 2.53. The van der Waals surface area contributed by atoms with Crippen molar-refractivity contribution in [2.24, 2.45) is 16.3 Å². The third-order valence-corrected chi connectivity index (χ3v) is 14.0. The van der Waals surface area contributed by atoms with Crippen molar-refractivity contribution in [1.82, 2.24) is 5.32 Å². The lowest BCUT2D eigenvalue weighted by Gasteiger charge is -2.44. The molecule has 9 rings (SSSR count). The predicted molar refractivity (Wildman–Crippen MR) is 230 cm³/mol. The number of rotatable bonds is 14. The average molecular weight is 868 g/mol. The number of nitrogens with zero attached hydrogens (tertiary/aromatic N) is 2. The maximum Gasteiger partial charge on any atom is 0.226 e. The van der Waals surface area contributed by atoms with E-state index >= 15 is 0 Å². The van der Waals surface area contributed by atoms with Crippen LogP contribution in [0.4, 0.5) is 5.69 Å². The number of aliphatic imine (C=N–C) groups is 1. The number of carbonyl (C=O) groups is 1. The Labute approximate surface area is 362 Å². The highest BCUT2D eigenvalue weighted by atomic mass is 17.2. The molecule has 63 heavy (non-hydrogen) atoms. The van der Waals surface area contributed by atoms with Crippen LogP contribution in [0.5, 0.6) is 17.2 Å². The monoisotopic (exact) mass is 867 g/mol. The van der Waals surface area contributed by atoms with E-state index in [0.29, 0.717) is 76.0 Å². The molecule has 5 aliphatic rings. The number of carbonyl (C=O) groups excluding carboxylic acids is 1. The van der Waals surface area contributed by atoms with Crippen LogP contribution in [0.3, 0.4) is 0 Å². The summed E-state index contributed by atoms with van der Waals surface area (Å²) in [6, 6.07) is 10.3. The second kappa shape index (κ2) is 16.3. The van der Waals surface area contributed by atoms with Crippen molar-refractivity contribution in [3.63, 3.8) is 0 Å². The number of hydrogen-bond acceptors (Lipinski definition) is 15. The fourth-order valence-electron chi connectivity index (χ4n) is 10.4. The van der Waals surface area contributed by atoms with Gasteiger partial charge in [0, 0.05) is 54.4 Å². The molecular formula is C47H53N3O13. The van der Waals surface area contributed by atoms with E-state index in [1.54, 1.807) is 19.2 Å². The molecule has 1 saturated heterocycles. The normalized spacial score (nSPS) is 24.8. The van der Waals surface area contributed by atoms with E-state index in [0.717, 1.165) is 37.0 Å². The number of aliphatic hydroxyl groups is 5. The second-order valence-corrected chi connectivity index (χ2v) is 18.1. The quantitative estimate of drug-likeness (QED) is 0.0669. The fourth-order valence-corrected chi connectivity index (χ4v) is 10.4. The summed E-state index contributed by atoms with van der Waals surface area (Å²) in [5.74, 6) is 0.787. The molecule has 1 spiro atoms. The van der Waals surface area contributed by atoms with Gasteiger partial charge in [0.25, 0.3) is 0 Å². The van der Waals surface area contributed by atoms with Crippen molar-refractivity contribution >= 4 is 39.6 Å². The molecule has 3 aromatic carbocycles. The van der Waals surface area contributed by atoms with Crippen LogP contribution in [0.2, 0.25) is 0 Å². The topological polar surface area (TPSA) is 244 Å². The van der Waals surface area contributed by atoms with Crippen LogP contribution in [0, 0.1) is 18.3 Å². The Morgan fingerprint density at radius 1 is 1.05 bits per heavy atom. The number of fused-ring (bicyclic) bond motifs is 4. The first-order valence-corrected chi connectivity index (χ1v) is 21.5. The molecule has 7 unspecified atom stereocenters. The van der Waals surface area contributed by atoms with Crippen LogP contribution in [0.25, 0.3) is 21.7 Å². The van der Waals surface area contributed by atoms with Crippen LogP contribution in [-0.4, -0.2) is 110 Å². The van der Waals surface area contributed by atoms with Gasteiger partial charge in [-0.3, -0.25) is 14.6 Å². The van der Waals surface area contributed by atoms with Crippen molar-refractivity contribution in [3.8, 4) is 17.2 Å². The van der Waals surface area contributed by atoms with Crippen LogP contribution in [-0.2, 0) is 27.4 Å². The van der Waals surface area contributed by atoms with Gasteiger partial charge >= 0.3 is 0 Å². The Kier molecular flexibility index (Phi) is 11.1. The standard InChI is InChI=1S/C47H53N3O13/c1-25-15-36(54)33-16-28-17-38(63-60-24-47(59,43(57)40(56)37(55)23-51)19-26-5-8-35(53)31-7-6-30(52)18-32(26)31)45(2,13-9-29-20-49-44(58)46(29)11-3-4-12-46)62-41(28)39(42(33)61-25)50-21-27-10-14-48-34(27)22-50/h5-8,10,14-16,18,22,29,37-38,40,43,51-53,55-57,59H,3-4,9,11-13,17,19-21,23-24H2,1-2H3,(H,49,58). The maximum absolute atomic E-state index is 13.6. The van der Waals surface area contributed by atoms with Crippen molar-refractivity contribution < 1.29 is 59.5 Å². The van der Waals surface area contributed by atoms with Crippen LogP contribution in [0.1, 0.15) is 62.3 Å². The highest BCUT2D eigenvalue weighted by Crippen LogP contribution is 2.52. The lowest BCUT2D eigenvalue weighted by Crippen LogP contribution is -2.58. The molecule has 4 aliphatic heterocycles. The van der Waals surface area contributed by atoms with Crippen molar-refractivity contribution in [3.05, 3.63) is 93.1 Å². The molecule has 0 bridgehead atoms. The van der Waals surface area contributed by atoms with Crippen LogP contribution < -0.4 is 20.4 Å². The van der Waals surface area contributed by atoms with Crippen LogP contribution >= 0.6 is 0 Å². The number of anilines is 1. The molecule has 1 amide bonds. The SMILES string of the molecule is Cc1cc(=O)c2cc3c(c(N4C=C5N=CC=C5C4)c2o1)OC(C)(CCC1CNC(=O)C12CCCC2)C(OOCC(O)(Cc1ccc(O)c2ccc(O)cc12)C(O)C(O)C(O)CO)C3. The summed E-state index contributed by atoms with van der Waals surface area (Å²) >= 11 is 0. The second-order valence-electron chi connectivity index (χ2n) is 18.1. The summed E-state index contributed by atoms with van der Waals surface area (Å²) in [6.07, 6.45) is 2.91. The van der Waals surface area contributed by atoms with E-state index in [4.69, 9.17) is 18.9 Å². The van der Waals surface area contributed by atoms with Crippen LogP contribution in [0.15, 0.2) is 80.2 Å². The summed E-state index contributed by atoms with van der Waals surface area (Å²) in [5.41, 5.74) is -0.646. The number of phenols is 2. The lowest BCUT2D eigenvalue weighted by atomic mass is 9.72. The summed E-state index contributed by atoms with van der Waals surface area (Å²) in [5, 5.41) is 79.7. The van der Waals surface area contributed by atoms with E-state index in [1.807, 2.05) is 24.1 Å². The smallest absolute Gasteiger partial charge is 0.226 e. The first kappa shape index (κ1) is 42.9. The molecule has 334 valence electrons. The Hall–Kier alpha value is -5.33. The van der Waals surface area contributed by atoms with Crippen molar-refractivity contribution in [2.45, 2.75) is 101 Å². The summed E-state index contributed by atoms with van der Waals surface area (Å²) in [7, 11) is 0. The zero-order chi connectivity index (χ0) is 44.4. The average Bonchev–Trinajstić information content (AvgIpc) is 4.07. The molecule has 1 aliphatic carbocycles. The zero-order valence-electron chi connectivity index (χ0n) is 35.1. The number of aromatic hydroxyl groups is 2. The number of ether oxygens (including phenoxy) is 1. The van der Waals surface area contributed by atoms with Crippen molar-refractivity contribution in [1.29, 1.82) is 0 Å². The molecule has 7 atom stereocenters. The van der Waals surface area contributed by atoms with Gasteiger partial charge in [0.05, 0.1) is 29.6 Å². The number of hydrogen-bond donors (Lipinski definition) is 8. The minimum atomic E-state index is -2.40. The van der Waals surface area contributed by atoms with Gasteiger partial charge < -0.3 is 55.1 Å². The first-order valence-electron chi connectivity index (χ1n) is 21.5. The minimum absolute atomic E-state index is 0.0272. The molecular weight excluding hydrogens is 815 g/mol. The Morgan fingerprint density at radius 3 is 2.60 bits per heavy atom. The van der Waals surface area contributed by atoms with E-state index in [9.17, 15) is 45.3 Å². The van der Waals surface area contributed by atoms with Gasteiger partial charge in [-0.15, -0.1) is 0 Å². The first-order chi connectivity index (χ1) is 30.1. The third kappa shape index (κ3) is 7.56. The van der Waals surface area contributed by atoms with E-state index in [-0.39, 0.29) is 35.2 Å². The number of allylic oxidation sites excluding steroid dienone is 1. The molecule has 5 heterocycles. The lowest BCUT2D eigenvalue weighted by molar-refractivity contribution is -0.371. The summed E-state index contributed by atoms with van der Waals surface area (Å²) in [6.45, 7) is 2.88. The van der Waals surface area contributed by atoms with Gasteiger partial charge in [-0.2, -0.15) is 0 Å². The molecule has 16 nitrogen and oxygen atoms in total. The van der Waals surface area contributed by atoms with Gasteiger partial charge in [0.2, 0.25) is 5.91 Å². The summed E-state index contributed by atoms with van der Waals surface area (Å²) in [4.78, 5) is 45.5. The number of nitrogens with one attached hydrogen (secondary N) is 1. The Bertz CT molecular complexity index is 2620. The number of aryl methyl sites for hydroxylation is 1. The van der Waals surface area contributed by atoms with Gasteiger partial charge in [-0.25, -0.2) is 9.78 Å². The number of benzene rings is 3. The molecule has 0 radical (unpaired) electrons. The van der Waals surface area contributed by atoms with Crippen molar-refractivity contribution in [2.75, 3.05) is 31.2 Å². The molecule has 1 aromatic heterocycles. The molecule has 16 heteroatoms. The van der Waals surface area contributed by atoms with Gasteiger partial charge in [0.15, 0.2) is 16.8 Å². The highest BCUT2D eigenvalue weighted by molar-refractivity contribution is 5.96. The predicted octanol–water partition coefficient (Wildman–Crippen LogP) is 3.48. The largest absolute Gasteiger partial charge is 0.508 e. The molecule has 2 fully saturated rings. The Balaban J connectivity index is 1.08. The van der Waals surface area contributed by atoms with Gasteiger partial charge in [-0.05, 0) is 92.8 Å². The van der Waals surface area contributed by atoms with E-state index in [1.165, 1.54) is 36.4 Å². The molecule has 1 saturated carbocycles. The van der Waals surface area contributed by atoms with E-state index in [2.05, 4.69) is 10.3 Å². The van der Waals surface area contributed by atoms with Gasteiger partial charge in [-0.1, -0.05) is 18.9 Å². The number of aliphatic hydroxyl groups excluding tert-OH is 4. The Morgan fingerprint density at radius 2 is 1.84 bits per heavy atom. The molecule has 4 aromatic rings. The van der Waals surface area contributed by atoms with E-state index < -0.39 is 60.7 Å². The fraction of sp³-hybridized carbons (Fsp3) is 0.468. The maximum atomic E-state index is 13.6. The molecule has 8 N–H and O–H groups in total. The number of phenolic OH excluding ortho intramolecular Hbond substituents is 2. The third-order valence-electron chi connectivity index (χ3n) is 14.0. The van der Waals surface area contributed by atoms with Gasteiger partial charge in [0.1, 0.15) is 65.2 Å². The zero-order valence-corrected chi connectivity index (χ0v) is 35.1. The minimum Gasteiger partial charge on any atom is -0.508 e.